The molecule has 0 saturated heterocycles. The molecular weight excluding hydrogens is 466 g/mol. The molecule has 0 radical (unpaired) electrons. The molecule has 0 saturated carbocycles. The Bertz CT molecular complexity index is 1890. The van der Waals surface area contributed by atoms with Crippen molar-refractivity contribution < 1.29 is 8.42 Å². The van der Waals surface area contributed by atoms with Gasteiger partial charge in [-0.05, 0) is 78.6 Å². The van der Waals surface area contributed by atoms with Crippen LogP contribution in [-0.2, 0) is 9.84 Å². The molecule has 36 heavy (non-hydrogen) atoms. The highest BCUT2D eigenvalue weighted by atomic mass is 32.2. The second-order valence-corrected chi connectivity index (χ2v) is 10.8. The Morgan fingerprint density at radius 2 is 1.47 bits per heavy atom. The van der Waals surface area contributed by atoms with E-state index in [1.807, 2.05) is 37.3 Å². The summed E-state index contributed by atoms with van der Waals surface area (Å²) in [4.78, 5) is 9.02. The van der Waals surface area contributed by atoms with E-state index in [-0.39, 0.29) is 9.92 Å². The number of hydrogen-bond acceptors (Lipinski definition) is 4. The fourth-order valence-electron chi connectivity index (χ4n) is 4.71. The van der Waals surface area contributed by atoms with Gasteiger partial charge in [0.1, 0.15) is 5.82 Å². The monoisotopic (exact) mass is 489 g/mol. The number of para-hydroxylation sites is 1. The maximum atomic E-state index is 13.3. The predicted molar refractivity (Wildman–Crippen MR) is 143 cm³/mol. The van der Waals surface area contributed by atoms with E-state index in [2.05, 4.69) is 51.8 Å². The van der Waals surface area contributed by atoms with Gasteiger partial charge in [-0.2, -0.15) is 0 Å². The Hall–Kier alpha value is -4.29. The Labute approximate surface area is 209 Å². The van der Waals surface area contributed by atoms with E-state index < -0.39 is 9.84 Å². The van der Waals surface area contributed by atoms with Crippen molar-refractivity contribution in [2.24, 2.45) is 0 Å². The van der Waals surface area contributed by atoms with Gasteiger partial charge in [-0.1, -0.05) is 48.5 Å². The number of aromatic nitrogens is 3. The summed E-state index contributed by atoms with van der Waals surface area (Å²) in [5, 5.41) is 2.32. The van der Waals surface area contributed by atoms with Crippen molar-refractivity contribution in [3.8, 4) is 16.9 Å². The Morgan fingerprint density at radius 1 is 0.667 bits per heavy atom. The van der Waals surface area contributed by atoms with Crippen LogP contribution >= 0.6 is 0 Å². The minimum absolute atomic E-state index is 0.0563. The summed E-state index contributed by atoms with van der Waals surface area (Å²) in [5.41, 5.74) is 5.76. The van der Waals surface area contributed by atoms with Gasteiger partial charge in [0, 0.05) is 23.2 Å². The second kappa shape index (κ2) is 8.43. The number of hydrogen-bond donors (Lipinski definition) is 0. The number of pyridine rings is 2. The van der Waals surface area contributed by atoms with Crippen LogP contribution in [0, 0.1) is 13.8 Å². The minimum Gasteiger partial charge on any atom is -0.294 e. The minimum atomic E-state index is -3.74. The number of aryl methyl sites for hydroxylation is 2. The van der Waals surface area contributed by atoms with E-state index in [0.29, 0.717) is 0 Å². The molecule has 3 heterocycles. The smallest absolute Gasteiger partial charge is 0.223 e. The molecule has 6 rings (SSSR count). The van der Waals surface area contributed by atoms with Crippen LogP contribution in [0.2, 0.25) is 0 Å². The maximum absolute atomic E-state index is 13.3. The third kappa shape index (κ3) is 3.58. The predicted octanol–water partition coefficient (Wildman–Crippen LogP) is 6.69. The van der Waals surface area contributed by atoms with Crippen LogP contribution < -0.4 is 0 Å². The topological polar surface area (TPSA) is 64.8 Å². The molecule has 6 aromatic rings. The Kier molecular flexibility index (Phi) is 5.20. The number of benzene rings is 3. The zero-order valence-electron chi connectivity index (χ0n) is 19.9. The van der Waals surface area contributed by atoms with Gasteiger partial charge in [-0.3, -0.25) is 4.57 Å². The first-order valence-corrected chi connectivity index (χ1v) is 13.2. The molecule has 0 spiro atoms. The van der Waals surface area contributed by atoms with Gasteiger partial charge in [0.2, 0.25) is 9.84 Å². The molecule has 3 aromatic heterocycles. The lowest BCUT2D eigenvalue weighted by molar-refractivity contribution is 0.592. The first-order chi connectivity index (χ1) is 17.4. The summed E-state index contributed by atoms with van der Waals surface area (Å²) in [5.74, 6) is 0.878. The van der Waals surface area contributed by atoms with Crippen LogP contribution in [0.3, 0.4) is 0 Å². The summed E-state index contributed by atoms with van der Waals surface area (Å²) in [6, 6.07) is 29.0. The molecule has 0 fully saturated rings. The highest BCUT2D eigenvalue weighted by molar-refractivity contribution is 7.91. The highest BCUT2D eigenvalue weighted by Crippen LogP contribution is 2.35. The molecule has 6 heteroatoms. The van der Waals surface area contributed by atoms with Crippen molar-refractivity contribution >= 4 is 31.6 Å². The van der Waals surface area contributed by atoms with Crippen LogP contribution in [0.5, 0.6) is 0 Å². The summed E-state index contributed by atoms with van der Waals surface area (Å²) < 4.78 is 28.8. The van der Waals surface area contributed by atoms with Crippen LogP contribution in [0.1, 0.15) is 11.1 Å². The number of rotatable bonds is 4. The van der Waals surface area contributed by atoms with Crippen molar-refractivity contribution in [1.82, 2.24) is 14.5 Å². The fourth-order valence-corrected chi connectivity index (χ4v) is 6.03. The van der Waals surface area contributed by atoms with Crippen molar-refractivity contribution in [2.75, 3.05) is 0 Å². The molecular formula is C30H23N3O2S. The lowest BCUT2D eigenvalue weighted by Crippen LogP contribution is -2.04. The largest absolute Gasteiger partial charge is 0.294 e. The van der Waals surface area contributed by atoms with Gasteiger partial charge in [-0.25, -0.2) is 18.4 Å². The first kappa shape index (κ1) is 22.2. The highest BCUT2D eigenvalue weighted by Gasteiger charge is 2.20. The summed E-state index contributed by atoms with van der Waals surface area (Å²) in [7, 11) is -3.74. The molecule has 0 aliphatic carbocycles. The third-order valence-electron chi connectivity index (χ3n) is 6.51. The zero-order valence-corrected chi connectivity index (χ0v) is 20.7. The van der Waals surface area contributed by atoms with Gasteiger partial charge >= 0.3 is 0 Å². The lowest BCUT2D eigenvalue weighted by atomic mass is 10.0. The van der Waals surface area contributed by atoms with E-state index in [4.69, 9.17) is 0 Å². The summed E-state index contributed by atoms with van der Waals surface area (Å²) in [6.07, 6.45) is 3.33. The number of nitrogens with zero attached hydrogens (tertiary/aromatic N) is 3. The summed E-state index contributed by atoms with van der Waals surface area (Å²) in [6.45, 7) is 3.91. The van der Waals surface area contributed by atoms with Gasteiger partial charge in [0.15, 0.2) is 5.03 Å². The lowest BCUT2D eigenvalue weighted by Gasteiger charge is -2.11. The molecule has 0 unspecified atom stereocenters. The molecule has 0 aliphatic heterocycles. The zero-order chi connectivity index (χ0) is 24.9. The van der Waals surface area contributed by atoms with E-state index in [1.165, 1.54) is 6.20 Å². The SMILES string of the molecule is Cc1ccnc(S(=O)(=O)c2cccc(-c3ccc4c5ccccc5n(-c5ncccc5C)c4c3)c2)c1. The average molecular weight is 490 g/mol. The van der Waals surface area contributed by atoms with Gasteiger partial charge in [0.25, 0.3) is 0 Å². The van der Waals surface area contributed by atoms with Crippen LogP contribution in [0.4, 0.5) is 0 Å². The molecule has 3 aromatic carbocycles. The molecule has 0 amide bonds. The average Bonchev–Trinajstić information content (AvgIpc) is 3.22. The van der Waals surface area contributed by atoms with Crippen molar-refractivity contribution in [3.63, 3.8) is 0 Å². The van der Waals surface area contributed by atoms with Crippen molar-refractivity contribution in [2.45, 2.75) is 23.8 Å². The number of fused-ring (bicyclic) bond motifs is 3. The van der Waals surface area contributed by atoms with E-state index in [9.17, 15) is 8.42 Å². The standard InChI is InChI=1S/C30H23N3O2S/c1-20-14-16-31-29(17-20)36(34,35)24-9-5-8-22(18-24)23-12-13-26-25-10-3-4-11-27(25)33(28(26)19-23)30-21(2)7-6-15-32-30/h3-19H,1-2H3. The molecule has 0 aliphatic rings. The quantitative estimate of drug-likeness (QED) is 0.277. The molecule has 0 atom stereocenters. The van der Waals surface area contributed by atoms with E-state index in [1.54, 1.807) is 36.5 Å². The molecule has 5 nitrogen and oxygen atoms in total. The maximum Gasteiger partial charge on any atom is 0.223 e. The molecule has 0 bridgehead atoms. The van der Waals surface area contributed by atoms with E-state index in [0.717, 1.165) is 49.9 Å². The third-order valence-corrected chi connectivity index (χ3v) is 8.16. The van der Waals surface area contributed by atoms with Crippen LogP contribution in [0.15, 0.2) is 113 Å². The normalized spacial score (nSPS) is 11.8. The first-order valence-electron chi connectivity index (χ1n) is 11.7. The Morgan fingerprint density at radius 3 is 2.31 bits per heavy atom. The van der Waals surface area contributed by atoms with Gasteiger partial charge < -0.3 is 0 Å². The van der Waals surface area contributed by atoms with E-state index >= 15 is 0 Å². The van der Waals surface area contributed by atoms with Crippen molar-refractivity contribution in [1.29, 1.82) is 0 Å². The molecule has 0 N–H and O–H groups in total. The van der Waals surface area contributed by atoms with Gasteiger partial charge in [0.05, 0.1) is 15.9 Å². The van der Waals surface area contributed by atoms with Crippen LogP contribution in [-0.4, -0.2) is 23.0 Å². The van der Waals surface area contributed by atoms with Crippen LogP contribution in [0.25, 0.3) is 38.8 Å². The van der Waals surface area contributed by atoms with Gasteiger partial charge in [-0.15, -0.1) is 0 Å². The summed E-state index contributed by atoms with van der Waals surface area (Å²) >= 11 is 0. The number of sulfone groups is 1. The van der Waals surface area contributed by atoms with Crippen molar-refractivity contribution in [3.05, 3.63) is 115 Å². The Balaban J connectivity index is 1.55. The fraction of sp³-hybridized carbons (Fsp3) is 0.0667. The second-order valence-electron chi connectivity index (χ2n) is 8.93. The molecule has 176 valence electrons.